The second kappa shape index (κ2) is 12.7. The van der Waals surface area contributed by atoms with Gasteiger partial charge in [-0.25, -0.2) is 24.7 Å². The number of ether oxygens (including phenoxy) is 5. The second-order valence-electron chi connectivity index (χ2n) is 9.62. The van der Waals surface area contributed by atoms with Gasteiger partial charge in [-0.1, -0.05) is 0 Å². The minimum atomic E-state index is -3.18. The lowest BCUT2D eigenvalue weighted by Crippen LogP contribution is -2.45. The number of aliphatic hydroxyl groups is 3. The summed E-state index contributed by atoms with van der Waals surface area (Å²) in [5.41, 5.74) is 0.757. The Labute approximate surface area is 240 Å². The maximum absolute atomic E-state index is 13.0. The fourth-order valence-corrected chi connectivity index (χ4v) is 4.51. The van der Waals surface area contributed by atoms with E-state index in [-0.39, 0.29) is 42.8 Å². The van der Waals surface area contributed by atoms with E-state index in [1.807, 2.05) is 0 Å². The van der Waals surface area contributed by atoms with Gasteiger partial charge >= 0.3 is 24.1 Å². The Balaban J connectivity index is 1.26. The van der Waals surface area contributed by atoms with E-state index in [4.69, 9.17) is 23.7 Å². The number of hydrogen-bond acceptors (Lipinski definition) is 15. The van der Waals surface area contributed by atoms with E-state index in [2.05, 4.69) is 29.9 Å². The molecule has 0 bridgehead atoms. The molecular formula is C26H31N7O9. The van der Waals surface area contributed by atoms with E-state index in [1.165, 1.54) is 24.4 Å². The zero-order valence-corrected chi connectivity index (χ0v) is 23.0. The van der Waals surface area contributed by atoms with Gasteiger partial charge in [-0.05, 0) is 32.6 Å². The molecule has 2 aliphatic rings. The average Bonchev–Trinajstić information content (AvgIpc) is 2.96. The number of hydrogen-bond donors (Lipinski definition) is 3. The first kappa shape index (κ1) is 29.2. The molecule has 0 radical (unpaired) electrons. The van der Waals surface area contributed by atoms with E-state index in [0.717, 1.165) is 6.20 Å². The van der Waals surface area contributed by atoms with Crippen molar-refractivity contribution in [3.8, 4) is 29.2 Å². The number of aromatic nitrogens is 6. The van der Waals surface area contributed by atoms with Crippen LogP contribution in [0.1, 0.15) is 38.2 Å². The van der Waals surface area contributed by atoms with Crippen LogP contribution in [-0.4, -0.2) is 96.5 Å². The minimum Gasteiger partial charge on any atom is -0.469 e. The van der Waals surface area contributed by atoms with Crippen molar-refractivity contribution in [3.63, 3.8) is 0 Å². The summed E-state index contributed by atoms with van der Waals surface area (Å²) >= 11 is 0. The van der Waals surface area contributed by atoms with Gasteiger partial charge in [0.15, 0.2) is 5.82 Å². The van der Waals surface area contributed by atoms with E-state index < -0.39 is 17.6 Å². The lowest BCUT2D eigenvalue weighted by Gasteiger charge is -2.35. The summed E-state index contributed by atoms with van der Waals surface area (Å²) in [5, 5.41) is 29.0. The number of carbonyl (C=O) groups is 1. The number of carbonyl (C=O) groups excluding carboxylic acids is 1. The van der Waals surface area contributed by atoms with Crippen molar-refractivity contribution in [2.45, 2.75) is 56.8 Å². The molecule has 0 atom stereocenters. The first-order valence-corrected chi connectivity index (χ1v) is 13.3. The standard InChI is InChI=1S/C26H31N7O9/c1-3-40-25(34)33(21-12-27-20(11-28-21)15-8-29-23(38-2)30-9-15)16-4-6-17(7-5-16)42-24-31-10-19(26(35,36)37)22(32-24)41-18-13-39-14-18/h8-12,16-18,35-37H,3-7,13-14H2,1-2H3. The summed E-state index contributed by atoms with van der Waals surface area (Å²) in [6, 6.07) is -0.0408. The summed E-state index contributed by atoms with van der Waals surface area (Å²) < 4.78 is 26.9. The number of rotatable bonds is 10. The Bertz CT molecular complexity index is 1340. The van der Waals surface area contributed by atoms with Crippen LogP contribution in [-0.2, 0) is 15.4 Å². The normalized spacial score (nSPS) is 19.0. The smallest absolute Gasteiger partial charge is 0.415 e. The molecule has 3 N–H and O–H groups in total. The van der Waals surface area contributed by atoms with Gasteiger partial charge in [-0.2, -0.15) is 4.98 Å². The fourth-order valence-electron chi connectivity index (χ4n) is 4.51. The molecule has 0 spiro atoms. The monoisotopic (exact) mass is 585 g/mol. The number of anilines is 1. The molecule has 1 saturated heterocycles. The lowest BCUT2D eigenvalue weighted by atomic mass is 9.92. The van der Waals surface area contributed by atoms with E-state index in [1.54, 1.807) is 19.3 Å². The van der Waals surface area contributed by atoms with Crippen LogP contribution in [0.3, 0.4) is 0 Å². The molecule has 0 unspecified atom stereocenters. The topological polar surface area (TPSA) is 204 Å². The van der Waals surface area contributed by atoms with Gasteiger partial charge in [-0.15, -0.1) is 0 Å². The Morgan fingerprint density at radius 1 is 0.929 bits per heavy atom. The first-order chi connectivity index (χ1) is 20.2. The van der Waals surface area contributed by atoms with Gasteiger partial charge in [0.05, 0.1) is 45.0 Å². The highest BCUT2D eigenvalue weighted by molar-refractivity contribution is 5.87. The molecule has 16 nitrogen and oxygen atoms in total. The van der Waals surface area contributed by atoms with Crippen LogP contribution in [0.4, 0.5) is 10.6 Å². The number of methoxy groups -OCH3 is 1. The number of amides is 1. The van der Waals surface area contributed by atoms with Gasteiger partial charge in [0, 0.05) is 30.2 Å². The predicted molar refractivity (Wildman–Crippen MR) is 141 cm³/mol. The van der Waals surface area contributed by atoms with E-state index in [0.29, 0.717) is 56.0 Å². The van der Waals surface area contributed by atoms with Crippen molar-refractivity contribution in [2.75, 3.05) is 31.8 Å². The zero-order chi connectivity index (χ0) is 29.7. The molecule has 224 valence electrons. The Hall–Kier alpha value is -4.25. The zero-order valence-electron chi connectivity index (χ0n) is 23.0. The fraction of sp³-hybridized carbons (Fsp3) is 0.500. The molecule has 0 aromatic carbocycles. The quantitative estimate of drug-likeness (QED) is 0.283. The summed E-state index contributed by atoms with van der Waals surface area (Å²) in [6.07, 6.45) is 8.29. The van der Waals surface area contributed by atoms with E-state index >= 15 is 0 Å². The van der Waals surface area contributed by atoms with Gasteiger partial charge in [0.1, 0.15) is 17.8 Å². The third-order valence-electron chi connectivity index (χ3n) is 6.72. The van der Waals surface area contributed by atoms with Crippen LogP contribution in [0.5, 0.6) is 17.9 Å². The van der Waals surface area contributed by atoms with Crippen LogP contribution in [0.2, 0.25) is 0 Å². The molecule has 5 rings (SSSR count). The van der Waals surface area contributed by atoms with Crippen LogP contribution < -0.4 is 19.1 Å². The summed E-state index contributed by atoms with van der Waals surface area (Å²) in [4.78, 5) is 39.7. The molecule has 1 saturated carbocycles. The van der Waals surface area contributed by atoms with Crippen molar-refractivity contribution in [2.24, 2.45) is 0 Å². The average molecular weight is 586 g/mol. The maximum Gasteiger partial charge on any atom is 0.415 e. The summed E-state index contributed by atoms with van der Waals surface area (Å²) in [6.45, 7) is 2.54. The van der Waals surface area contributed by atoms with Gasteiger partial charge < -0.3 is 39.0 Å². The molecule has 2 fully saturated rings. The van der Waals surface area contributed by atoms with Crippen LogP contribution in [0, 0.1) is 0 Å². The SMILES string of the molecule is CCOC(=O)N(c1cnc(-c2cnc(OC)nc2)cn1)C1CCC(Oc2ncc(C(O)(O)O)c(OC3COC3)n2)CC1. The molecular weight excluding hydrogens is 554 g/mol. The third-order valence-corrected chi connectivity index (χ3v) is 6.72. The van der Waals surface area contributed by atoms with Crippen LogP contribution >= 0.6 is 0 Å². The molecule has 3 aromatic heterocycles. The molecule has 16 heteroatoms. The van der Waals surface area contributed by atoms with Gasteiger partial charge in [0.25, 0.3) is 0 Å². The van der Waals surface area contributed by atoms with Gasteiger partial charge in [0.2, 0.25) is 5.88 Å². The highest BCUT2D eigenvalue weighted by Crippen LogP contribution is 2.32. The van der Waals surface area contributed by atoms with Crippen LogP contribution in [0.15, 0.2) is 31.0 Å². The van der Waals surface area contributed by atoms with Crippen molar-refractivity contribution in [1.82, 2.24) is 29.9 Å². The summed E-state index contributed by atoms with van der Waals surface area (Å²) in [5.74, 6) is -3.06. The predicted octanol–water partition coefficient (Wildman–Crippen LogP) is 0.950. The molecule has 1 amide bonds. The molecule has 3 aromatic rings. The molecule has 1 aliphatic carbocycles. The maximum atomic E-state index is 13.0. The minimum absolute atomic E-state index is 0.0482. The van der Waals surface area contributed by atoms with Gasteiger partial charge in [-0.3, -0.25) is 9.88 Å². The Kier molecular flexibility index (Phi) is 8.86. The Morgan fingerprint density at radius 2 is 1.64 bits per heavy atom. The van der Waals surface area contributed by atoms with E-state index in [9.17, 15) is 20.1 Å². The first-order valence-electron chi connectivity index (χ1n) is 13.3. The molecule has 4 heterocycles. The second-order valence-corrected chi connectivity index (χ2v) is 9.62. The third kappa shape index (κ3) is 6.79. The highest BCUT2D eigenvalue weighted by atomic mass is 16.7. The lowest BCUT2D eigenvalue weighted by molar-refractivity contribution is -0.325. The molecule has 42 heavy (non-hydrogen) atoms. The largest absolute Gasteiger partial charge is 0.469 e. The van der Waals surface area contributed by atoms with Crippen LogP contribution in [0.25, 0.3) is 11.3 Å². The van der Waals surface area contributed by atoms with Crippen molar-refractivity contribution >= 4 is 11.9 Å². The summed E-state index contributed by atoms with van der Waals surface area (Å²) in [7, 11) is 1.48. The molecule has 1 aliphatic heterocycles. The van der Waals surface area contributed by atoms with Crippen molar-refractivity contribution < 1.29 is 43.8 Å². The highest BCUT2D eigenvalue weighted by Gasteiger charge is 2.35. The van der Waals surface area contributed by atoms with Crippen molar-refractivity contribution in [3.05, 3.63) is 36.5 Å². The number of nitrogens with zero attached hydrogens (tertiary/aromatic N) is 7. The Morgan fingerprint density at radius 3 is 2.21 bits per heavy atom. The van der Waals surface area contributed by atoms with Crippen molar-refractivity contribution in [1.29, 1.82) is 0 Å².